The van der Waals surface area contributed by atoms with Gasteiger partial charge in [0.2, 0.25) is 0 Å². The lowest BCUT2D eigenvalue weighted by molar-refractivity contribution is -0.147. The largest absolute Gasteiger partial charge is 0.494 e. The molecule has 0 saturated carbocycles. The zero-order valence-corrected chi connectivity index (χ0v) is 14.3. The maximum Gasteiger partial charge on any atom is 0.326 e. The number of carbonyl (C=O) groups is 2. The quantitative estimate of drug-likeness (QED) is 0.660. The minimum absolute atomic E-state index is 0.00313. The first-order chi connectivity index (χ1) is 12.7. The minimum atomic E-state index is -0.505. The van der Waals surface area contributed by atoms with E-state index < -0.39 is 11.9 Å². The lowest BCUT2D eigenvalue weighted by Crippen LogP contribution is -2.22. The van der Waals surface area contributed by atoms with Gasteiger partial charge in [-0.15, -0.1) is 0 Å². The summed E-state index contributed by atoms with van der Waals surface area (Å²) in [6.45, 7) is 2.13. The number of nitrogens with one attached hydrogen (secondary N) is 1. The fraction of sp³-hybridized carbons (Fsp3) is 0.211. The summed E-state index contributed by atoms with van der Waals surface area (Å²) < 4.78 is 12.1. The van der Waals surface area contributed by atoms with Crippen LogP contribution in [0.15, 0.2) is 54.9 Å². The monoisotopic (exact) mass is 353 g/mol. The predicted molar refractivity (Wildman–Crippen MR) is 96.9 cm³/mol. The Balaban J connectivity index is 1.48. The average molecular weight is 353 g/mol. The maximum atomic E-state index is 12.0. The van der Waals surface area contributed by atoms with Gasteiger partial charge in [-0.25, -0.2) is 4.98 Å². The third kappa shape index (κ3) is 4.38. The van der Waals surface area contributed by atoms with Crippen molar-refractivity contribution < 1.29 is 19.1 Å². The number of benzene rings is 2. The van der Waals surface area contributed by atoms with Crippen LogP contribution in [0.5, 0.6) is 5.75 Å². The molecule has 0 saturated heterocycles. The number of imidazole rings is 1. The Kier molecular flexibility index (Phi) is 5.48. The highest BCUT2D eigenvalue weighted by Gasteiger charge is 2.11. The molecule has 0 spiro atoms. The molecule has 1 amide bonds. The molecule has 0 atom stereocenters. The highest BCUT2D eigenvalue weighted by Crippen LogP contribution is 2.15. The SMILES string of the molecule is CCOc1ccc(NC(=O)COC(=O)Cn2cnc3ccccc32)cc1. The van der Waals surface area contributed by atoms with Crippen LogP contribution < -0.4 is 10.1 Å². The number of para-hydroxylation sites is 2. The predicted octanol–water partition coefficient (Wildman–Crippen LogP) is 2.62. The van der Waals surface area contributed by atoms with E-state index in [0.29, 0.717) is 12.3 Å². The summed E-state index contributed by atoms with van der Waals surface area (Å²) in [5.41, 5.74) is 2.24. The fourth-order valence-corrected chi connectivity index (χ4v) is 2.47. The molecule has 0 aliphatic carbocycles. The lowest BCUT2D eigenvalue weighted by Gasteiger charge is -2.08. The van der Waals surface area contributed by atoms with Crippen molar-refractivity contribution in [3.8, 4) is 5.75 Å². The van der Waals surface area contributed by atoms with Gasteiger partial charge in [0, 0.05) is 5.69 Å². The van der Waals surface area contributed by atoms with E-state index in [1.165, 1.54) is 0 Å². The lowest BCUT2D eigenvalue weighted by atomic mass is 10.3. The second kappa shape index (κ2) is 8.15. The zero-order chi connectivity index (χ0) is 18.4. The first kappa shape index (κ1) is 17.5. The Morgan fingerprint density at radius 3 is 2.65 bits per heavy atom. The number of esters is 1. The molecule has 26 heavy (non-hydrogen) atoms. The van der Waals surface area contributed by atoms with Gasteiger partial charge in [0.05, 0.1) is 24.0 Å². The molecule has 0 radical (unpaired) electrons. The van der Waals surface area contributed by atoms with Crippen LogP contribution in [0.2, 0.25) is 0 Å². The smallest absolute Gasteiger partial charge is 0.326 e. The number of carbonyl (C=O) groups excluding carboxylic acids is 2. The van der Waals surface area contributed by atoms with Gasteiger partial charge in [0.15, 0.2) is 6.61 Å². The Bertz CT molecular complexity index is 903. The summed E-state index contributed by atoms with van der Waals surface area (Å²) in [6, 6.07) is 14.4. The van der Waals surface area contributed by atoms with Gasteiger partial charge in [-0.3, -0.25) is 9.59 Å². The summed E-state index contributed by atoms with van der Waals surface area (Å²) >= 11 is 0. The van der Waals surface area contributed by atoms with Crippen molar-refractivity contribution in [2.24, 2.45) is 0 Å². The second-order valence-corrected chi connectivity index (χ2v) is 5.53. The molecule has 7 heteroatoms. The van der Waals surface area contributed by atoms with Gasteiger partial charge in [-0.1, -0.05) is 12.1 Å². The molecule has 2 aromatic carbocycles. The number of ether oxygens (including phenoxy) is 2. The average Bonchev–Trinajstić information content (AvgIpc) is 3.05. The van der Waals surface area contributed by atoms with Crippen molar-refractivity contribution >= 4 is 28.6 Å². The molecule has 1 heterocycles. The van der Waals surface area contributed by atoms with Crippen LogP contribution >= 0.6 is 0 Å². The fourth-order valence-electron chi connectivity index (χ4n) is 2.47. The van der Waals surface area contributed by atoms with E-state index in [9.17, 15) is 9.59 Å². The highest BCUT2D eigenvalue weighted by molar-refractivity contribution is 5.92. The topological polar surface area (TPSA) is 82.5 Å². The summed E-state index contributed by atoms with van der Waals surface area (Å²) in [4.78, 5) is 28.1. The van der Waals surface area contributed by atoms with Crippen molar-refractivity contribution in [1.29, 1.82) is 0 Å². The standard InChI is InChI=1S/C19H19N3O4/c1-2-25-15-9-7-14(8-10-15)21-18(23)12-26-19(24)11-22-13-20-16-5-3-4-6-17(16)22/h3-10,13H,2,11-12H2,1H3,(H,21,23). The number of rotatable bonds is 7. The van der Waals surface area contributed by atoms with Crippen LogP contribution in [0.3, 0.4) is 0 Å². The number of hydrogen-bond donors (Lipinski definition) is 1. The molecule has 3 rings (SSSR count). The van der Waals surface area contributed by atoms with E-state index in [4.69, 9.17) is 9.47 Å². The van der Waals surface area contributed by atoms with E-state index in [1.807, 2.05) is 31.2 Å². The van der Waals surface area contributed by atoms with Crippen molar-refractivity contribution in [2.45, 2.75) is 13.5 Å². The van der Waals surface area contributed by atoms with E-state index >= 15 is 0 Å². The third-order valence-corrected chi connectivity index (χ3v) is 3.64. The first-order valence-corrected chi connectivity index (χ1v) is 8.24. The van der Waals surface area contributed by atoms with Crippen molar-refractivity contribution in [3.63, 3.8) is 0 Å². The van der Waals surface area contributed by atoms with E-state index in [-0.39, 0.29) is 13.2 Å². The van der Waals surface area contributed by atoms with Gasteiger partial charge in [-0.05, 0) is 43.3 Å². The maximum absolute atomic E-state index is 12.0. The van der Waals surface area contributed by atoms with Gasteiger partial charge < -0.3 is 19.4 Å². The summed E-state index contributed by atoms with van der Waals surface area (Å²) in [5, 5.41) is 2.66. The number of aromatic nitrogens is 2. The zero-order valence-electron chi connectivity index (χ0n) is 14.3. The Morgan fingerprint density at radius 1 is 1.12 bits per heavy atom. The number of anilines is 1. The molecule has 0 fully saturated rings. The molecular weight excluding hydrogens is 334 g/mol. The summed E-state index contributed by atoms with van der Waals surface area (Å²) in [7, 11) is 0. The van der Waals surface area contributed by atoms with Gasteiger partial charge in [-0.2, -0.15) is 0 Å². The highest BCUT2D eigenvalue weighted by atomic mass is 16.5. The number of hydrogen-bond acceptors (Lipinski definition) is 5. The Hall–Kier alpha value is -3.35. The van der Waals surface area contributed by atoms with Crippen molar-refractivity contribution in [1.82, 2.24) is 9.55 Å². The molecule has 0 aliphatic rings. The van der Waals surface area contributed by atoms with Crippen LogP contribution in [0.4, 0.5) is 5.69 Å². The molecule has 0 aliphatic heterocycles. The second-order valence-electron chi connectivity index (χ2n) is 5.53. The molecular formula is C19H19N3O4. The first-order valence-electron chi connectivity index (χ1n) is 8.24. The summed E-state index contributed by atoms with van der Waals surface area (Å²) in [6.07, 6.45) is 1.58. The molecule has 3 aromatic rings. The van der Waals surface area contributed by atoms with Crippen molar-refractivity contribution in [3.05, 3.63) is 54.9 Å². The number of amides is 1. The molecule has 134 valence electrons. The Labute approximate surface area is 150 Å². The van der Waals surface area contributed by atoms with Crippen LogP contribution in [-0.2, 0) is 20.9 Å². The van der Waals surface area contributed by atoms with Gasteiger partial charge in [0.25, 0.3) is 5.91 Å². The number of fused-ring (bicyclic) bond motifs is 1. The van der Waals surface area contributed by atoms with Crippen LogP contribution in [0.1, 0.15) is 6.92 Å². The Morgan fingerprint density at radius 2 is 1.88 bits per heavy atom. The van der Waals surface area contributed by atoms with Gasteiger partial charge >= 0.3 is 5.97 Å². The minimum Gasteiger partial charge on any atom is -0.494 e. The summed E-state index contributed by atoms with van der Waals surface area (Å²) in [5.74, 6) is -0.183. The molecule has 7 nitrogen and oxygen atoms in total. The van der Waals surface area contributed by atoms with Crippen LogP contribution in [0, 0.1) is 0 Å². The van der Waals surface area contributed by atoms with E-state index in [2.05, 4.69) is 10.3 Å². The van der Waals surface area contributed by atoms with Gasteiger partial charge in [0.1, 0.15) is 12.3 Å². The van der Waals surface area contributed by atoms with E-state index in [1.54, 1.807) is 35.2 Å². The third-order valence-electron chi connectivity index (χ3n) is 3.64. The normalized spacial score (nSPS) is 10.5. The van der Waals surface area contributed by atoms with Crippen LogP contribution in [0.25, 0.3) is 11.0 Å². The van der Waals surface area contributed by atoms with Crippen LogP contribution in [-0.4, -0.2) is 34.6 Å². The van der Waals surface area contributed by atoms with Crippen molar-refractivity contribution in [2.75, 3.05) is 18.5 Å². The molecule has 1 N–H and O–H groups in total. The molecule has 0 bridgehead atoms. The molecule has 1 aromatic heterocycles. The molecule has 0 unspecified atom stereocenters. The number of nitrogens with zero attached hydrogens (tertiary/aromatic N) is 2. The van der Waals surface area contributed by atoms with E-state index in [0.717, 1.165) is 16.8 Å².